The Morgan fingerprint density at radius 3 is 2.74 bits per heavy atom. The molecule has 1 fully saturated rings. The zero-order chi connectivity index (χ0) is 14.0. The number of nitrogens with zero attached hydrogens (tertiary/aromatic N) is 1. The van der Waals surface area contributed by atoms with Crippen LogP contribution in [0.25, 0.3) is 0 Å². The predicted octanol–water partition coefficient (Wildman–Crippen LogP) is 4.16. The summed E-state index contributed by atoms with van der Waals surface area (Å²) in [4.78, 5) is 16.7. The molecule has 0 N–H and O–H groups in total. The van der Waals surface area contributed by atoms with Crippen molar-refractivity contribution in [1.82, 2.24) is 4.90 Å². The lowest BCUT2D eigenvalue weighted by Gasteiger charge is -2.25. The lowest BCUT2D eigenvalue weighted by molar-refractivity contribution is -0.127. The maximum absolute atomic E-state index is 12.0. The van der Waals surface area contributed by atoms with Crippen molar-refractivity contribution in [2.75, 3.05) is 18.1 Å². The average Bonchev–Trinajstić information content (AvgIpc) is 2.85. The molecule has 106 valence electrons. The second-order valence-electron chi connectivity index (χ2n) is 5.66. The van der Waals surface area contributed by atoms with Crippen molar-refractivity contribution >= 4 is 40.8 Å². The third kappa shape index (κ3) is 4.17. The summed E-state index contributed by atoms with van der Waals surface area (Å²) < 4.78 is 0.269. The van der Waals surface area contributed by atoms with Crippen molar-refractivity contribution in [3.63, 3.8) is 0 Å². The summed E-state index contributed by atoms with van der Waals surface area (Å²) >= 11 is 5.49. The van der Waals surface area contributed by atoms with E-state index in [1.165, 1.54) is 9.75 Å². The number of thioether (sulfide) groups is 2. The summed E-state index contributed by atoms with van der Waals surface area (Å²) in [5, 5.41) is 0.242. The molecule has 1 aliphatic rings. The highest BCUT2D eigenvalue weighted by atomic mass is 32.2. The molecule has 1 amide bonds. The highest BCUT2D eigenvalue weighted by molar-refractivity contribution is 8.01. The molecule has 1 aromatic rings. The fraction of sp³-hybridized carbons (Fsp3) is 0.643. The maximum atomic E-state index is 12.0. The Morgan fingerprint density at radius 2 is 2.16 bits per heavy atom. The Bertz CT molecular complexity index is 450. The summed E-state index contributed by atoms with van der Waals surface area (Å²) in [5.41, 5.74) is 0. The van der Waals surface area contributed by atoms with E-state index in [1.807, 2.05) is 23.1 Å². The van der Waals surface area contributed by atoms with Gasteiger partial charge in [-0.25, -0.2) is 0 Å². The van der Waals surface area contributed by atoms with Crippen LogP contribution in [-0.2, 0) is 4.79 Å². The van der Waals surface area contributed by atoms with Crippen molar-refractivity contribution in [2.24, 2.45) is 0 Å². The van der Waals surface area contributed by atoms with Gasteiger partial charge < -0.3 is 4.90 Å². The molecule has 1 unspecified atom stereocenters. The van der Waals surface area contributed by atoms with E-state index in [4.69, 9.17) is 0 Å². The van der Waals surface area contributed by atoms with Crippen LogP contribution in [0.2, 0.25) is 0 Å². The van der Waals surface area contributed by atoms with Crippen LogP contribution in [0, 0.1) is 6.92 Å². The van der Waals surface area contributed by atoms with Crippen molar-refractivity contribution in [3.05, 3.63) is 21.9 Å². The Balaban J connectivity index is 1.98. The molecule has 1 saturated heterocycles. The van der Waals surface area contributed by atoms with Gasteiger partial charge in [0.15, 0.2) is 0 Å². The van der Waals surface area contributed by atoms with Crippen molar-refractivity contribution in [1.29, 1.82) is 0 Å². The molecular weight excluding hydrogens is 294 g/mol. The molecule has 1 atom stereocenters. The van der Waals surface area contributed by atoms with Crippen LogP contribution in [0.4, 0.5) is 0 Å². The van der Waals surface area contributed by atoms with Gasteiger partial charge in [0.1, 0.15) is 5.37 Å². The van der Waals surface area contributed by atoms with E-state index in [9.17, 15) is 4.79 Å². The third-order valence-electron chi connectivity index (χ3n) is 2.84. The Morgan fingerprint density at radius 1 is 1.42 bits per heavy atom. The van der Waals surface area contributed by atoms with Crippen LogP contribution in [0.3, 0.4) is 0 Å². The Kier molecular flexibility index (Phi) is 4.90. The normalized spacial score (nSPS) is 20.3. The summed E-state index contributed by atoms with van der Waals surface area (Å²) in [6, 6.07) is 4.31. The van der Waals surface area contributed by atoms with Gasteiger partial charge in [-0.3, -0.25) is 4.79 Å². The molecule has 5 heteroatoms. The highest BCUT2D eigenvalue weighted by Gasteiger charge is 2.33. The van der Waals surface area contributed by atoms with Gasteiger partial charge in [-0.15, -0.1) is 23.1 Å². The standard InChI is InChI=1S/C14H21NOS3/c1-10-5-6-11(19-10)13-15(12(16)9-17-13)7-8-18-14(2,3)4/h5-6,13H,7-9H2,1-4H3. The van der Waals surface area contributed by atoms with E-state index in [0.29, 0.717) is 5.75 Å². The quantitative estimate of drug-likeness (QED) is 0.832. The number of amides is 1. The Hall–Kier alpha value is -0.130. The second-order valence-corrected chi connectivity index (χ2v) is 9.97. The third-order valence-corrected chi connectivity index (χ3v) is 6.53. The average molecular weight is 316 g/mol. The molecular formula is C14H21NOS3. The molecule has 1 aromatic heterocycles. The molecule has 2 rings (SSSR count). The number of thiophene rings is 1. The van der Waals surface area contributed by atoms with Gasteiger partial charge in [-0.2, -0.15) is 11.8 Å². The molecule has 2 nitrogen and oxygen atoms in total. The first-order chi connectivity index (χ1) is 8.87. The summed E-state index contributed by atoms with van der Waals surface area (Å²) in [7, 11) is 0. The monoisotopic (exact) mass is 315 g/mol. The second kappa shape index (κ2) is 6.10. The topological polar surface area (TPSA) is 20.3 Å². The first kappa shape index (κ1) is 15.3. The SMILES string of the molecule is Cc1ccc(C2SCC(=O)N2CCSC(C)(C)C)s1. The molecule has 0 saturated carbocycles. The zero-order valence-corrected chi connectivity index (χ0v) is 14.4. The van der Waals surface area contributed by atoms with Crippen LogP contribution in [-0.4, -0.2) is 33.6 Å². The first-order valence-electron chi connectivity index (χ1n) is 6.48. The molecule has 0 radical (unpaired) electrons. The van der Waals surface area contributed by atoms with Gasteiger partial charge in [0.25, 0.3) is 0 Å². The molecule has 2 heterocycles. The van der Waals surface area contributed by atoms with Crippen molar-refractivity contribution in [2.45, 2.75) is 37.8 Å². The van der Waals surface area contributed by atoms with E-state index in [0.717, 1.165) is 12.3 Å². The molecule has 0 aliphatic carbocycles. The van der Waals surface area contributed by atoms with Gasteiger partial charge in [-0.1, -0.05) is 20.8 Å². The van der Waals surface area contributed by atoms with Crippen LogP contribution >= 0.6 is 34.9 Å². The lowest BCUT2D eigenvalue weighted by atomic mass is 10.3. The van der Waals surface area contributed by atoms with Gasteiger partial charge >= 0.3 is 0 Å². The molecule has 19 heavy (non-hydrogen) atoms. The highest BCUT2D eigenvalue weighted by Crippen LogP contribution is 2.41. The minimum atomic E-state index is 0.242. The fourth-order valence-electron chi connectivity index (χ4n) is 1.97. The largest absolute Gasteiger partial charge is 0.324 e. The van der Waals surface area contributed by atoms with Crippen LogP contribution in [0.5, 0.6) is 0 Å². The van der Waals surface area contributed by atoms with Gasteiger partial charge in [0, 0.05) is 26.8 Å². The predicted molar refractivity (Wildman–Crippen MR) is 88.2 cm³/mol. The molecule has 1 aliphatic heterocycles. The fourth-order valence-corrected chi connectivity index (χ4v) is 5.20. The number of hydrogen-bond acceptors (Lipinski definition) is 4. The smallest absolute Gasteiger partial charge is 0.233 e. The molecule has 0 bridgehead atoms. The Labute approximate surface area is 128 Å². The summed E-state index contributed by atoms with van der Waals surface area (Å²) in [5.74, 6) is 1.92. The minimum Gasteiger partial charge on any atom is -0.324 e. The van der Waals surface area contributed by atoms with Gasteiger partial charge in [-0.05, 0) is 19.1 Å². The summed E-state index contributed by atoms with van der Waals surface area (Å²) in [6.45, 7) is 9.64. The molecule has 0 spiro atoms. The number of carbonyl (C=O) groups excluding carboxylic acids is 1. The molecule has 0 aromatic carbocycles. The minimum absolute atomic E-state index is 0.242. The van der Waals surface area contributed by atoms with Crippen LogP contribution in [0.15, 0.2) is 12.1 Å². The van der Waals surface area contributed by atoms with Gasteiger partial charge in [0.05, 0.1) is 5.75 Å². The number of hydrogen-bond donors (Lipinski definition) is 0. The first-order valence-corrected chi connectivity index (χ1v) is 9.33. The van der Waals surface area contributed by atoms with E-state index >= 15 is 0 Å². The van der Waals surface area contributed by atoms with Crippen molar-refractivity contribution < 1.29 is 4.79 Å². The number of carbonyl (C=O) groups is 1. The maximum Gasteiger partial charge on any atom is 0.233 e. The van der Waals surface area contributed by atoms with Crippen LogP contribution in [0.1, 0.15) is 35.9 Å². The van der Waals surface area contributed by atoms with E-state index in [-0.39, 0.29) is 16.0 Å². The number of aryl methyl sites for hydroxylation is 1. The van der Waals surface area contributed by atoms with Crippen molar-refractivity contribution in [3.8, 4) is 0 Å². The van der Waals surface area contributed by atoms with E-state index in [2.05, 4.69) is 44.7 Å². The van der Waals surface area contributed by atoms with E-state index < -0.39 is 0 Å². The van der Waals surface area contributed by atoms with E-state index in [1.54, 1.807) is 11.8 Å². The lowest BCUT2D eigenvalue weighted by Crippen LogP contribution is -2.30. The summed E-state index contributed by atoms with van der Waals surface area (Å²) in [6.07, 6.45) is 0. The number of rotatable bonds is 4. The zero-order valence-electron chi connectivity index (χ0n) is 11.9. The van der Waals surface area contributed by atoms with Crippen LogP contribution < -0.4 is 0 Å². The van der Waals surface area contributed by atoms with Gasteiger partial charge in [0.2, 0.25) is 5.91 Å².